The topological polar surface area (TPSA) is 17.1 Å². The molecule has 1 atom stereocenters. The minimum atomic E-state index is 0.295. The molecule has 0 aromatic rings. The number of hydrogen-bond donors (Lipinski definition) is 0. The van der Waals surface area contributed by atoms with Gasteiger partial charge < -0.3 is 4.79 Å². The summed E-state index contributed by atoms with van der Waals surface area (Å²) >= 11 is 5.52. The lowest BCUT2D eigenvalue weighted by atomic mass is 9.99. The van der Waals surface area contributed by atoms with Gasteiger partial charge in [-0.05, 0) is 19.3 Å². The lowest BCUT2D eigenvalue weighted by Gasteiger charge is -2.07. The summed E-state index contributed by atoms with van der Waals surface area (Å²) in [6.07, 6.45) is 4.08. The van der Waals surface area contributed by atoms with E-state index in [0.29, 0.717) is 11.7 Å². The van der Waals surface area contributed by atoms with E-state index >= 15 is 0 Å². The Morgan fingerprint density at radius 2 is 2.09 bits per heavy atom. The number of ketones is 1. The van der Waals surface area contributed by atoms with Crippen LogP contribution in [0.25, 0.3) is 0 Å². The molecule has 0 saturated carbocycles. The molecule has 1 unspecified atom stereocenters. The molecule has 11 heavy (non-hydrogen) atoms. The van der Waals surface area contributed by atoms with Gasteiger partial charge in [0.15, 0.2) is 0 Å². The van der Waals surface area contributed by atoms with Crippen LogP contribution in [0, 0.1) is 5.92 Å². The van der Waals surface area contributed by atoms with Crippen molar-refractivity contribution >= 4 is 17.4 Å². The summed E-state index contributed by atoms with van der Waals surface area (Å²) in [5, 5.41) is 0. The first kappa shape index (κ1) is 11.0. The Kier molecular flexibility index (Phi) is 6.63. The third-order valence-corrected chi connectivity index (χ3v) is 1.98. The molecule has 0 saturated heterocycles. The lowest BCUT2D eigenvalue weighted by molar-refractivity contribution is -0.117. The molecule has 0 aromatic heterocycles. The van der Waals surface area contributed by atoms with Crippen molar-refractivity contribution in [3.63, 3.8) is 0 Å². The summed E-state index contributed by atoms with van der Waals surface area (Å²) in [7, 11) is 0. The highest BCUT2D eigenvalue weighted by Gasteiger charge is 2.03. The summed E-state index contributed by atoms with van der Waals surface area (Å²) in [6, 6.07) is 0. The largest absolute Gasteiger partial charge is 0.300 e. The minimum Gasteiger partial charge on any atom is -0.300 e. The molecule has 1 nitrogen and oxygen atoms in total. The van der Waals surface area contributed by atoms with Crippen LogP contribution < -0.4 is 0 Å². The maximum Gasteiger partial charge on any atom is 0.130 e. The van der Waals surface area contributed by atoms with Gasteiger partial charge in [0.25, 0.3) is 0 Å². The van der Waals surface area contributed by atoms with E-state index in [9.17, 15) is 4.79 Å². The van der Waals surface area contributed by atoms with Crippen LogP contribution >= 0.6 is 11.6 Å². The Balaban J connectivity index is 3.22. The van der Waals surface area contributed by atoms with Crippen LogP contribution in [0.2, 0.25) is 0 Å². The Labute approximate surface area is 74.1 Å². The summed E-state index contributed by atoms with van der Waals surface area (Å²) < 4.78 is 0. The fourth-order valence-corrected chi connectivity index (χ4v) is 1.37. The fourth-order valence-electron chi connectivity index (χ4n) is 1.18. The molecule has 0 amide bonds. The Bertz CT molecular complexity index is 112. The second kappa shape index (κ2) is 6.66. The molecule has 0 aromatic carbocycles. The zero-order valence-corrected chi connectivity index (χ0v) is 8.16. The van der Waals surface area contributed by atoms with Crippen molar-refractivity contribution in [1.29, 1.82) is 0 Å². The molecule has 66 valence electrons. The first-order valence-electron chi connectivity index (χ1n) is 4.22. The van der Waals surface area contributed by atoms with Crippen molar-refractivity contribution in [2.75, 3.05) is 5.88 Å². The van der Waals surface area contributed by atoms with Crippen LogP contribution in [0.4, 0.5) is 0 Å². The summed E-state index contributed by atoms with van der Waals surface area (Å²) in [5.41, 5.74) is 0. The third kappa shape index (κ3) is 7.86. The first-order valence-corrected chi connectivity index (χ1v) is 4.75. The van der Waals surface area contributed by atoms with Crippen LogP contribution in [-0.2, 0) is 4.79 Å². The number of hydrogen-bond acceptors (Lipinski definition) is 1. The van der Waals surface area contributed by atoms with Crippen LogP contribution in [0.5, 0.6) is 0 Å². The molecule has 0 bridgehead atoms. The standard InChI is InChI=1S/C9H17ClO/c1-8(7-9(2)11)5-3-4-6-10/h8H,3-7H2,1-2H3. The summed E-state index contributed by atoms with van der Waals surface area (Å²) in [6.45, 7) is 3.77. The number of unbranched alkanes of at least 4 members (excludes halogenated alkanes) is 1. The van der Waals surface area contributed by atoms with Crippen molar-refractivity contribution in [2.24, 2.45) is 5.92 Å². The number of rotatable bonds is 6. The van der Waals surface area contributed by atoms with Crippen molar-refractivity contribution in [3.05, 3.63) is 0 Å². The molecular weight excluding hydrogens is 160 g/mol. The zero-order chi connectivity index (χ0) is 8.69. The maximum atomic E-state index is 10.7. The van der Waals surface area contributed by atoms with Crippen LogP contribution in [0.1, 0.15) is 39.5 Å². The molecule has 0 aliphatic heterocycles. The van der Waals surface area contributed by atoms with Gasteiger partial charge in [0, 0.05) is 12.3 Å². The fraction of sp³-hybridized carbons (Fsp3) is 0.889. The van der Waals surface area contributed by atoms with Crippen molar-refractivity contribution in [1.82, 2.24) is 0 Å². The van der Waals surface area contributed by atoms with Crippen molar-refractivity contribution in [3.8, 4) is 0 Å². The second-order valence-electron chi connectivity index (χ2n) is 3.20. The van der Waals surface area contributed by atoms with E-state index in [2.05, 4.69) is 6.92 Å². The number of alkyl halides is 1. The van der Waals surface area contributed by atoms with Gasteiger partial charge in [-0.3, -0.25) is 0 Å². The van der Waals surface area contributed by atoms with Crippen LogP contribution in [-0.4, -0.2) is 11.7 Å². The predicted octanol–water partition coefficient (Wildman–Crippen LogP) is 3.01. The maximum absolute atomic E-state index is 10.7. The SMILES string of the molecule is CC(=O)CC(C)CCCCCl. The van der Waals surface area contributed by atoms with Gasteiger partial charge in [0.2, 0.25) is 0 Å². The quantitative estimate of drug-likeness (QED) is 0.449. The minimum absolute atomic E-state index is 0.295. The van der Waals surface area contributed by atoms with Gasteiger partial charge in [-0.15, -0.1) is 11.6 Å². The molecule has 0 fully saturated rings. The van der Waals surface area contributed by atoms with E-state index in [1.165, 1.54) is 0 Å². The smallest absolute Gasteiger partial charge is 0.130 e. The molecule has 0 heterocycles. The molecule has 0 spiro atoms. The van der Waals surface area contributed by atoms with Gasteiger partial charge in [-0.1, -0.05) is 19.8 Å². The van der Waals surface area contributed by atoms with E-state index in [1.54, 1.807) is 6.92 Å². The van der Waals surface area contributed by atoms with E-state index in [4.69, 9.17) is 11.6 Å². The molecule has 0 aliphatic carbocycles. The van der Waals surface area contributed by atoms with Gasteiger partial charge in [0.1, 0.15) is 5.78 Å². The van der Waals surface area contributed by atoms with E-state index in [0.717, 1.165) is 31.6 Å². The van der Waals surface area contributed by atoms with Crippen LogP contribution in [0.3, 0.4) is 0 Å². The monoisotopic (exact) mass is 176 g/mol. The highest BCUT2D eigenvalue weighted by atomic mass is 35.5. The lowest BCUT2D eigenvalue weighted by Crippen LogP contribution is -2.01. The Morgan fingerprint density at radius 3 is 2.55 bits per heavy atom. The summed E-state index contributed by atoms with van der Waals surface area (Å²) in [5.74, 6) is 1.58. The molecule has 0 aliphatic rings. The van der Waals surface area contributed by atoms with Gasteiger partial charge in [0.05, 0.1) is 0 Å². The molecule has 0 N–H and O–H groups in total. The number of halogens is 1. The van der Waals surface area contributed by atoms with Crippen molar-refractivity contribution < 1.29 is 4.79 Å². The highest BCUT2D eigenvalue weighted by molar-refractivity contribution is 6.17. The molecular formula is C9H17ClO. The van der Waals surface area contributed by atoms with Gasteiger partial charge >= 0.3 is 0 Å². The third-order valence-electron chi connectivity index (χ3n) is 1.72. The Morgan fingerprint density at radius 1 is 1.45 bits per heavy atom. The molecule has 0 radical (unpaired) electrons. The van der Waals surface area contributed by atoms with Gasteiger partial charge in [-0.25, -0.2) is 0 Å². The zero-order valence-electron chi connectivity index (χ0n) is 7.40. The van der Waals surface area contributed by atoms with E-state index in [1.807, 2.05) is 0 Å². The second-order valence-corrected chi connectivity index (χ2v) is 3.57. The van der Waals surface area contributed by atoms with Crippen molar-refractivity contribution in [2.45, 2.75) is 39.5 Å². The number of carbonyl (C=O) groups is 1. The molecule has 0 rings (SSSR count). The normalized spacial score (nSPS) is 13.0. The van der Waals surface area contributed by atoms with E-state index < -0.39 is 0 Å². The number of carbonyl (C=O) groups excluding carboxylic acids is 1. The predicted molar refractivity (Wildman–Crippen MR) is 49.0 cm³/mol. The van der Waals surface area contributed by atoms with Crippen LogP contribution in [0.15, 0.2) is 0 Å². The van der Waals surface area contributed by atoms with Gasteiger partial charge in [-0.2, -0.15) is 0 Å². The average molecular weight is 177 g/mol. The average Bonchev–Trinajstić information content (AvgIpc) is 1.86. The number of Topliss-reactive ketones (excluding diaryl/α,β-unsaturated/α-hetero) is 1. The first-order chi connectivity index (χ1) is 5.16. The summed E-state index contributed by atoms with van der Waals surface area (Å²) in [4.78, 5) is 10.7. The highest BCUT2D eigenvalue weighted by Crippen LogP contribution is 2.12. The Hall–Kier alpha value is -0.0400. The molecule has 2 heteroatoms. The van der Waals surface area contributed by atoms with E-state index in [-0.39, 0.29) is 0 Å².